The minimum Gasteiger partial charge on any atom is -0.497 e. The van der Waals surface area contributed by atoms with Crippen molar-refractivity contribution in [3.8, 4) is 5.75 Å². The van der Waals surface area contributed by atoms with Gasteiger partial charge >= 0.3 is 0 Å². The summed E-state index contributed by atoms with van der Waals surface area (Å²) in [5.41, 5.74) is 3.27. The van der Waals surface area contributed by atoms with Crippen molar-refractivity contribution < 1.29 is 18.5 Å². The van der Waals surface area contributed by atoms with Crippen molar-refractivity contribution in [2.24, 2.45) is 0 Å². The molecular formula is C25H24N2O4S. The van der Waals surface area contributed by atoms with Crippen molar-refractivity contribution in [1.29, 1.82) is 0 Å². The molecule has 2 unspecified atom stereocenters. The van der Waals surface area contributed by atoms with Crippen LogP contribution in [0.4, 0.5) is 5.69 Å². The first-order chi connectivity index (χ1) is 15.5. The van der Waals surface area contributed by atoms with Gasteiger partial charge in [-0.05, 0) is 47.9 Å². The first kappa shape index (κ1) is 21.8. The molecule has 3 aromatic rings. The largest absolute Gasteiger partial charge is 0.497 e. The van der Waals surface area contributed by atoms with Crippen LogP contribution >= 0.6 is 0 Å². The van der Waals surface area contributed by atoms with Gasteiger partial charge in [-0.25, -0.2) is 4.21 Å². The molecule has 1 amide bonds. The number of nitrogens with one attached hydrogen (secondary N) is 1. The average molecular weight is 449 g/mol. The van der Waals surface area contributed by atoms with Crippen molar-refractivity contribution in [2.45, 2.75) is 18.2 Å². The van der Waals surface area contributed by atoms with Gasteiger partial charge in [-0.3, -0.25) is 13.9 Å². The summed E-state index contributed by atoms with van der Waals surface area (Å²) >= 11 is 0. The van der Waals surface area contributed by atoms with Gasteiger partial charge in [-0.1, -0.05) is 42.5 Å². The smallest absolute Gasteiger partial charge is 0.251 e. The maximum atomic E-state index is 13.2. The number of Topliss-reactive ketones (excluding diaryl/α,β-unsaturated/α-hetero) is 1. The van der Waals surface area contributed by atoms with Gasteiger partial charge in [0.1, 0.15) is 22.0 Å². The topological polar surface area (TPSA) is 75.7 Å². The van der Waals surface area contributed by atoms with Crippen LogP contribution in [0.5, 0.6) is 5.75 Å². The second kappa shape index (κ2) is 9.36. The number of hydrogen-bond donors (Lipinski definition) is 1. The van der Waals surface area contributed by atoms with Gasteiger partial charge in [0.05, 0.1) is 12.8 Å². The number of rotatable bonds is 6. The normalized spacial score (nSPS) is 17.6. The third-order valence-electron chi connectivity index (χ3n) is 5.55. The lowest BCUT2D eigenvalue weighted by Crippen LogP contribution is -2.42. The molecule has 7 heteroatoms. The van der Waals surface area contributed by atoms with E-state index in [9.17, 15) is 13.8 Å². The van der Waals surface area contributed by atoms with Crippen LogP contribution in [0.2, 0.25) is 0 Å². The second-order valence-corrected chi connectivity index (χ2v) is 9.25. The van der Waals surface area contributed by atoms with Gasteiger partial charge in [0.2, 0.25) is 0 Å². The first-order valence-electron chi connectivity index (χ1n) is 10.3. The van der Waals surface area contributed by atoms with E-state index in [0.717, 1.165) is 16.9 Å². The van der Waals surface area contributed by atoms with Crippen LogP contribution in [-0.2, 0) is 24.0 Å². The molecule has 0 aromatic heterocycles. The average Bonchev–Trinajstić information content (AvgIpc) is 2.84. The molecule has 1 N–H and O–H groups in total. The molecule has 0 saturated heterocycles. The zero-order valence-corrected chi connectivity index (χ0v) is 18.7. The molecule has 6 nitrogen and oxygen atoms in total. The Balaban J connectivity index is 1.53. The number of fused-ring (bicyclic) bond motifs is 1. The Kier molecular flexibility index (Phi) is 6.37. The van der Waals surface area contributed by atoms with Crippen LogP contribution in [0, 0.1) is 0 Å². The summed E-state index contributed by atoms with van der Waals surface area (Å²) in [6.45, 7) is 0.356. The fourth-order valence-electron chi connectivity index (χ4n) is 3.72. The summed E-state index contributed by atoms with van der Waals surface area (Å²) < 4.78 is 19.7. The van der Waals surface area contributed by atoms with E-state index >= 15 is 0 Å². The maximum Gasteiger partial charge on any atom is 0.251 e. The summed E-state index contributed by atoms with van der Waals surface area (Å²) in [6, 6.07) is 21.9. The number of amides is 1. The van der Waals surface area contributed by atoms with Crippen molar-refractivity contribution in [3.63, 3.8) is 0 Å². The summed E-state index contributed by atoms with van der Waals surface area (Å²) in [4.78, 5) is 26.0. The van der Waals surface area contributed by atoms with Crippen molar-refractivity contribution in [1.82, 2.24) is 5.32 Å². The monoisotopic (exact) mass is 448 g/mol. The Morgan fingerprint density at radius 2 is 1.75 bits per heavy atom. The Bertz CT molecular complexity index is 1160. The minimum atomic E-state index is -1.49. The van der Waals surface area contributed by atoms with E-state index in [1.807, 2.05) is 54.6 Å². The Morgan fingerprint density at radius 3 is 2.44 bits per heavy atom. The Hall–Kier alpha value is -3.45. The fourth-order valence-corrected chi connectivity index (χ4v) is 5.10. The third kappa shape index (κ3) is 4.43. The molecule has 1 aliphatic rings. The van der Waals surface area contributed by atoms with Crippen LogP contribution in [0.3, 0.4) is 0 Å². The lowest BCUT2D eigenvalue weighted by atomic mass is 9.98. The number of ketones is 1. The number of nitrogens with zero attached hydrogens (tertiary/aromatic N) is 1. The van der Waals surface area contributed by atoms with E-state index in [2.05, 4.69) is 5.32 Å². The zero-order chi connectivity index (χ0) is 22.7. The molecule has 32 heavy (non-hydrogen) atoms. The van der Waals surface area contributed by atoms with E-state index in [1.165, 1.54) is 0 Å². The molecule has 0 aliphatic carbocycles. The first-order valence-corrected chi connectivity index (χ1v) is 11.4. The lowest BCUT2D eigenvalue weighted by molar-refractivity contribution is 0.0951. The van der Waals surface area contributed by atoms with Crippen LogP contribution < -0.4 is 14.4 Å². The van der Waals surface area contributed by atoms with E-state index in [1.54, 1.807) is 36.7 Å². The highest BCUT2D eigenvalue weighted by atomic mass is 32.2. The highest BCUT2D eigenvalue weighted by Gasteiger charge is 2.37. The van der Waals surface area contributed by atoms with Crippen LogP contribution in [-0.4, -0.2) is 35.3 Å². The number of methoxy groups -OCH3 is 1. The number of carbonyl (C=O) groups is 2. The molecule has 2 atom stereocenters. The molecule has 4 rings (SSSR count). The minimum absolute atomic E-state index is 0.204. The van der Waals surface area contributed by atoms with Gasteiger partial charge < -0.3 is 10.1 Å². The lowest BCUT2D eigenvalue weighted by Gasteiger charge is -2.31. The van der Waals surface area contributed by atoms with E-state index in [4.69, 9.17) is 4.74 Å². The predicted octanol–water partition coefficient (Wildman–Crippen LogP) is 3.53. The molecule has 1 aliphatic heterocycles. The van der Waals surface area contributed by atoms with Crippen LogP contribution in [0.25, 0.3) is 0 Å². The fraction of sp³-hybridized carbons (Fsp3) is 0.200. The summed E-state index contributed by atoms with van der Waals surface area (Å²) in [7, 11) is 1.82. The molecule has 0 spiro atoms. The van der Waals surface area contributed by atoms with Crippen molar-refractivity contribution >= 4 is 28.4 Å². The third-order valence-corrected chi connectivity index (χ3v) is 7.15. The number of hydrogen-bond acceptors (Lipinski definition) is 4. The number of benzene rings is 3. The second-order valence-electron chi connectivity index (χ2n) is 7.58. The molecule has 0 bridgehead atoms. The van der Waals surface area contributed by atoms with Gasteiger partial charge in [0.25, 0.3) is 5.91 Å². The van der Waals surface area contributed by atoms with E-state index < -0.39 is 16.2 Å². The van der Waals surface area contributed by atoms with E-state index in [0.29, 0.717) is 29.8 Å². The van der Waals surface area contributed by atoms with Crippen molar-refractivity contribution in [3.05, 3.63) is 95.1 Å². The molecular weight excluding hydrogens is 424 g/mol. The van der Waals surface area contributed by atoms with Gasteiger partial charge in [-0.15, -0.1) is 0 Å². The highest BCUT2D eigenvalue weighted by Crippen LogP contribution is 2.32. The number of ether oxygens (including phenoxy) is 1. The summed E-state index contributed by atoms with van der Waals surface area (Å²) in [6.07, 6.45) is 0.379. The molecule has 3 aromatic carbocycles. The van der Waals surface area contributed by atoms with Gasteiger partial charge in [0.15, 0.2) is 5.78 Å². The van der Waals surface area contributed by atoms with Gasteiger partial charge in [0, 0.05) is 24.7 Å². The molecule has 0 saturated carbocycles. The zero-order valence-electron chi connectivity index (χ0n) is 17.9. The number of anilines is 1. The molecule has 1 heterocycles. The standard InChI is InChI=1S/C25H24N2O4S/c1-27-22-13-10-19(25(29)26-16-18-8-11-20(31-2)12-9-18)15-21(22)24(28)23(32(27)30)14-17-6-4-3-5-7-17/h3-13,15,23H,14,16H2,1-2H3,(H,26,29). The summed E-state index contributed by atoms with van der Waals surface area (Å²) in [5, 5.41) is 2.19. The summed E-state index contributed by atoms with van der Waals surface area (Å²) in [5.74, 6) is 0.273. The highest BCUT2D eigenvalue weighted by molar-refractivity contribution is 7.88. The predicted molar refractivity (Wildman–Crippen MR) is 125 cm³/mol. The SMILES string of the molecule is COc1ccc(CNC(=O)c2ccc3c(c2)C(=O)C(Cc2ccccc2)S(=O)N3C)cc1. The van der Waals surface area contributed by atoms with Crippen LogP contribution in [0.1, 0.15) is 31.8 Å². The van der Waals surface area contributed by atoms with Crippen molar-refractivity contribution in [2.75, 3.05) is 18.5 Å². The molecule has 0 fully saturated rings. The van der Waals surface area contributed by atoms with Gasteiger partial charge in [-0.2, -0.15) is 0 Å². The quantitative estimate of drug-likeness (QED) is 0.626. The number of carbonyl (C=O) groups excluding carboxylic acids is 2. The van der Waals surface area contributed by atoms with Crippen LogP contribution in [0.15, 0.2) is 72.8 Å². The van der Waals surface area contributed by atoms with E-state index in [-0.39, 0.29) is 11.7 Å². The Labute approximate surface area is 189 Å². The Morgan fingerprint density at radius 1 is 1.03 bits per heavy atom. The molecule has 164 valence electrons. The maximum absolute atomic E-state index is 13.2. The molecule has 0 radical (unpaired) electrons.